The highest BCUT2D eigenvalue weighted by atomic mass is 16.5. The van der Waals surface area contributed by atoms with Crippen LogP contribution in [0.2, 0.25) is 0 Å². The minimum atomic E-state index is -0.0674. The van der Waals surface area contributed by atoms with Crippen molar-refractivity contribution < 1.29 is 4.74 Å². The van der Waals surface area contributed by atoms with Gasteiger partial charge in [-0.15, -0.1) is 0 Å². The van der Waals surface area contributed by atoms with Crippen LogP contribution in [0.4, 0.5) is 0 Å². The maximum atomic E-state index is 13.5. The molecule has 1 aliphatic heterocycles. The summed E-state index contributed by atoms with van der Waals surface area (Å²) in [6.45, 7) is 2.74. The highest BCUT2D eigenvalue weighted by Crippen LogP contribution is 2.30. The number of nitrogens with zero attached hydrogens (tertiary/aromatic N) is 3. The summed E-state index contributed by atoms with van der Waals surface area (Å²) < 4.78 is 9.88. The van der Waals surface area contributed by atoms with E-state index in [1.54, 1.807) is 0 Å². The molecule has 1 saturated heterocycles. The van der Waals surface area contributed by atoms with Crippen molar-refractivity contribution in [3.8, 4) is 11.3 Å². The Morgan fingerprint density at radius 2 is 1.90 bits per heavy atom. The number of fused-ring (bicyclic) bond motifs is 2. The van der Waals surface area contributed by atoms with Gasteiger partial charge in [0.25, 0.3) is 5.56 Å². The highest BCUT2D eigenvalue weighted by Gasteiger charge is 2.21. The van der Waals surface area contributed by atoms with E-state index in [-0.39, 0.29) is 11.7 Å². The van der Waals surface area contributed by atoms with Gasteiger partial charge in [-0.05, 0) is 44.0 Å². The van der Waals surface area contributed by atoms with Gasteiger partial charge in [-0.2, -0.15) is 0 Å². The van der Waals surface area contributed by atoms with Gasteiger partial charge >= 0.3 is 0 Å². The van der Waals surface area contributed by atoms with Crippen molar-refractivity contribution >= 4 is 21.9 Å². The van der Waals surface area contributed by atoms with E-state index >= 15 is 0 Å². The summed E-state index contributed by atoms with van der Waals surface area (Å²) in [5.74, 6) is 0. The van der Waals surface area contributed by atoms with Crippen molar-refractivity contribution in [3.05, 3.63) is 65.1 Å². The fraction of sp³-hybridized carbons (Fsp3) is 0.333. The van der Waals surface area contributed by atoms with Gasteiger partial charge < -0.3 is 19.6 Å². The first kappa shape index (κ1) is 19.0. The third-order valence-electron chi connectivity index (χ3n) is 5.91. The molecule has 6 nitrogen and oxygen atoms in total. The van der Waals surface area contributed by atoms with Crippen molar-refractivity contribution in [1.82, 2.24) is 14.1 Å². The van der Waals surface area contributed by atoms with E-state index in [1.165, 1.54) is 0 Å². The van der Waals surface area contributed by atoms with Gasteiger partial charge in [0.05, 0.1) is 17.1 Å². The molecule has 2 aromatic heterocycles. The van der Waals surface area contributed by atoms with Crippen LogP contribution in [0.15, 0.2) is 59.5 Å². The topological polar surface area (TPSA) is 75.1 Å². The van der Waals surface area contributed by atoms with Gasteiger partial charge in [0.1, 0.15) is 5.69 Å². The Morgan fingerprint density at radius 3 is 2.70 bits per heavy atom. The second-order valence-corrected chi connectivity index (χ2v) is 7.90. The fourth-order valence-electron chi connectivity index (χ4n) is 4.43. The molecule has 0 spiro atoms. The summed E-state index contributed by atoms with van der Waals surface area (Å²) in [7, 11) is 0. The number of hydrogen-bond acceptors (Lipinski definition) is 4. The molecule has 6 heteroatoms. The van der Waals surface area contributed by atoms with Gasteiger partial charge in [0.2, 0.25) is 0 Å². The molecule has 0 aliphatic carbocycles. The van der Waals surface area contributed by atoms with E-state index < -0.39 is 0 Å². The minimum absolute atomic E-state index is 0.0674. The van der Waals surface area contributed by atoms with E-state index in [4.69, 9.17) is 15.5 Å². The maximum Gasteiger partial charge on any atom is 0.277 e. The molecule has 3 heterocycles. The number of aromatic nitrogens is 3. The zero-order valence-electron chi connectivity index (χ0n) is 17.0. The standard InChI is InChI=1S/C24H26N4O2/c25-12-6-13-28-22-11-4-2-9-20(22)26-23(24(28)29)19-16-27(15-17-7-5-14-30-17)21-10-3-1-8-18(19)21/h1-4,8-11,16-17H,5-7,12-15,25H2. The fourth-order valence-corrected chi connectivity index (χ4v) is 4.43. The lowest BCUT2D eigenvalue weighted by molar-refractivity contribution is 0.0980. The normalized spacial score (nSPS) is 16.6. The predicted molar refractivity (Wildman–Crippen MR) is 120 cm³/mol. The number of aryl methyl sites for hydroxylation is 1. The summed E-state index contributed by atoms with van der Waals surface area (Å²) in [4.78, 5) is 18.3. The Morgan fingerprint density at radius 1 is 1.10 bits per heavy atom. The Bertz CT molecular complexity index is 1250. The molecule has 0 saturated carbocycles. The van der Waals surface area contributed by atoms with Crippen molar-refractivity contribution in [2.24, 2.45) is 5.73 Å². The first-order chi connectivity index (χ1) is 14.8. The minimum Gasteiger partial charge on any atom is -0.376 e. The van der Waals surface area contributed by atoms with Gasteiger partial charge in [0.15, 0.2) is 0 Å². The molecule has 2 N–H and O–H groups in total. The van der Waals surface area contributed by atoms with Crippen molar-refractivity contribution in [1.29, 1.82) is 0 Å². The van der Waals surface area contributed by atoms with Crippen molar-refractivity contribution in [2.75, 3.05) is 13.2 Å². The largest absolute Gasteiger partial charge is 0.376 e. The van der Waals surface area contributed by atoms with E-state index in [1.807, 2.05) is 41.0 Å². The van der Waals surface area contributed by atoms with Crippen LogP contribution < -0.4 is 11.3 Å². The van der Waals surface area contributed by atoms with Gasteiger partial charge in [-0.3, -0.25) is 4.79 Å². The first-order valence-electron chi connectivity index (χ1n) is 10.7. The molecular weight excluding hydrogens is 376 g/mol. The lowest BCUT2D eigenvalue weighted by Crippen LogP contribution is -2.24. The second kappa shape index (κ2) is 8.05. The monoisotopic (exact) mass is 402 g/mol. The van der Waals surface area contributed by atoms with Crippen LogP contribution in [-0.2, 0) is 17.8 Å². The van der Waals surface area contributed by atoms with Gasteiger partial charge in [-0.25, -0.2) is 4.98 Å². The van der Waals surface area contributed by atoms with Gasteiger partial charge in [0, 0.05) is 42.4 Å². The predicted octanol–water partition coefficient (Wildman–Crippen LogP) is 3.55. The van der Waals surface area contributed by atoms with Crippen LogP contribution in [0.3, 0.4) is 0 Å². The molecule has 5 rings (SSSR count). The molecule has 2 aromatic carbocycles. The Labute approximate surface area is 174 Å². The van der Waals surface area contributed by atoms with Crippen LogP contribution in [0.25, 0.3) is 33.2 Å². The summed E-state index contributed by atoms with van der Waals surface area (Å²) in [6.07, 6.45) is 5.21. The maximum absolute atomic E-state index is 13.5. The van der Waals surface area contributed by atoms with E-state index in [2.05, 4.69) is 22.9 Å². The second-order valence-electron chi connectivity index (χ2n) is 7.90. The Balaban J connectivity index is 1.70. The third kappa shape index (κ3) is 3.32. The summed E-state index contributed by atoms with van der Waals surface area (Å²) in [6, 6.07) is 16.0. The molecule has 0 radical (unpaired) electrons. The Kier molecular flexibility index (Phi) is 5.11. The zero-order chi connectivity index (χ0) is 20.5. The smallest absolute Gasteiger partial charge is 0.277 e. The lowest BCUT2D eigenvalue weighted by atomic mass is 10.1. The van der Waals surface area contributed by atoms with Crippen LogP contribution in [0.5, 0.6) is 0 Å². The molecule has 1 fully saturated rings. The number of rotatable bonds is 6. The number of benzene rings is 2. The number of nitrogens with two attached hydrogens (primary N) is 1. The zero-order valence-corrected chi connectivity index (χ0v) is 17.0. The van der Waals surface area contributed by atoms with Crippen molar-refractivity contribution in [3.63, 3.8) is 0 Å². The Hall–Kier alpha value is -2.96. The molecule has 154 valence electrons. The molecule has 4 aromatic rings. The summed E-state index contributed by atoms with van der Waals surface area (Å²) >= 11 is 0. The summed E-state index contributed by atoms with van der Waals surface area (Å²) in [5.41, 5.74) is 9.80. The SMILES string of the molecule is NCCCn1c(=O)c(-c2cn(CC3CCCO3)c3ccccc23)nc2ccccc21. The number of hydrogen-bond donors (Lipinski definition) is 1. The first-order valence-corrected chi connectivity index (χ1v) is 10.7. The van der Waals surface area contributed by atoms with E-state index in [9.17, 15) is 4.79 Å². The highest BCUT2D eigenvalue weighted by molar-refractivity contribution is 5.96. The average Bonchev–Trinajstić information content (AvgIpc) is 3.41. The number of ether oxygens (including phenoxy) is 1. The molecule has 1 aliphatic rings. The third-order valence-corrected chi connectivity index (χ3v) is 5.91. The average molecular weight is 402 g/mol. The molecular formula is C24H26N4O2. The molecule has 1 unspecified atom stereocenters. The number of para-hydroxylation sites is 3. The molecule has 30 heavy (non-hydrogen) atoms. The van der Waals surface area contributed by atoms with E-state index in [0.717, 1.165) is 59.9 Å². The van der Waals surface area contributed by atoms with Crippen LogP contribution in [0.1, 0.15) is 19.3 Å². The van der Waals surface area contributed by atoms with Gasteiger partial charge in [-0.1, -0.05) is 30.3 Å². The molecule has 1 atom stereocenters. The summed E-state index contributed by atoms with van der Waals surface area (Å²) in [5, 5.41) is 1.04. The van der Waals surface area contributed by atoms with Crippen molar-refractivity contribution in [2.45, 2.75) is 38.5 Å². The molecule has 0 bridgehead atoms. The lowest BCUT2D eigenvalue weighted by Gasteiger charge is -2.12. The quantitative estimate of drug-likeness (QED) is 0.535. The van der Waals surface area contributed by atoms with Crippen LogP contribution in [-0.4, -0.2) is 33.4 Å². The van der Waals surface area contributed by atoms with Crippen LogP contribution >= 0.6 is 0 Å². The molecule has 0 amide bonds. The van der Waals surface area contributed by atoms with E-state index in [0.29, 0.717) is 18.8 Å². The van der Waals surface area contributed by atoms with Crippen LogP contribution in [0, 0.1) is 0 Å².